The van der Waals surface area contributed by atoms with Crippen LogP contribution in [0.5, 0.6) is 5.75 Å². The third-order valence-corrected chi connectivity index (χ3v) is 7.07. The number of ether oxygens (including phenoxy) is 2. The number of carbonyl (C=O) groups is 1. The molecule has 0 bridgehead atoms. The van der Waals surface area contributed by atoms with Crippen LogP contribution in [0.15, 0.2) is 36.4 Å². The maximum Gasteiger partial charge on any atom is 0.252 e. The van der Waals surface area contributed by atoms with Crippen molar-refractivity contribution in [2.75, 3.05) is 33.4 Å². The van der Waals surface area contributed by atoms with E-state index in [-0.39, 0.29) is 16.8 Å². The Kier molecular flexibility index (Phi) is 8.57. The number of carbonyl (C=O) groups excluding carboxylic acids is 1. The zero-order valence-corrected chi connectivity index (χ0v) is 20.8. The lowest BCUT2D eigenvalue weighted by Crippen LogP contribution is -2.58. The van der Waals surface area contributed by atoms with Gasteiger partial charge in [-0.15, -0.1) is 0 Å². The Morgan fingerprint density at radius 2 is 1.97 bits per heavy atom. The number of methoxy groups -OCH3 is 1. The van der Waals surface area contributed by atoms with E-state index in [1.54, 1.807) is 25.3 Å². The highest BCUT2D eigenvalue weighted by Crippen LogP contribution is 2.41. The van der Waals surface area contributed by atoms with Crippen molar-refractivity contribution >= 4 is 17.5 Å². The molecule has 1 aliphatic heterocycles. The van der Waals surface area contributed by atoms with Crippen LogP contribution in [0.3, 0.4) is 0 Å². The lowest BCUT2D eigenvalue weighted by molar-refractivity contribution is -0.118. The van der Waals surface area contributed by atoms with Gasteiger partial charge in [0.1, 0.15) is 11.6 Å². The average molecular weight is 493 g/mol. The first kappa shape index (κ1) is 26.4. The Morgan fingerprint density at radius 1 is 1.26 bits per heavy atom. The molecule has 8 heteroatoms. The second-order valence-electron chi connectivity index (χ2n) is 9.68. The van der Waals surface area contributed by atoms with Gasteiger partial charge in [0.15, 0.2) is 0 Å². The molecular weight excluding hydrogens is 459 g/mol. The molecule has 1 aliphatic rings. The highest BCUT2D eigenvalue weighted by atomic mass is 35.5. The van der Waals surface area contributed by atoms with Crippen molar-refractivity contribution in [2.24, 2.45) is 11.1 Å². The van der Waals surface area contributed by atoms with Crippen molar-refractivity contribution < 1.29 is 23.8 Å². The highest BCUT2D eigenvalue weighted by molar-refractivity contribution is 6.31. The summed E-state index contributed by atoms with van der Waals surface area (Å²) in [5.74, 6) is -0.473. The summed E-state index contributed by atoms with van der Waals surface area (Å²) in [5, 5.41) is 11.8. The van der Waals surface area contributed by atoms with E-state index in [2.05, 4.69) is 18.7 Å². The van der Waals surface area contributed by atoms with E-state index >= 15 is 0 Å². The van der Waals surface area contributed by atoms with Crippen LogP contribution in [0.25, 0.3) is 0 Å². The van der Waals surface area contributed by atoms with Crippen molar-refractivity contribution in [1.82, 2.24) is 4.90 Å². The minimum Gasteiger partial charge on any atom is -0.493 e. The maximum absolute atomic E-state index is 13.2. The number of hydrogen-bond acceptors (Lipinski definition) is 5. The molecule has 186 valence electrons. The molecule has 1 atom stereocenters. The minimum absolute atomic E-state index is 0.245. The Bertz CT molecular complexity index is 999. The van der Waals surface area contributed by atoms with Crippen molar-refractivity contribution in [1.29, 1.82) is 0 Å². The van der Waals surface area contributed by atoms with Crippen LogP contribution in [-0.2, 0) is 17.8 Å². The normalized spacial score (nSPS) is 20.3. The number of likely N-dealkylation sites (tertiary alicyclic amines) is 1. The predicted molar refractivity (Wildman–Crippen MR) is 131 cm³/mol. The number of benzene rings is 2. The van der Waals surface area contributed by atoms with Gasteiger partial charge < -0.3 is 25.2 Å². The summed E-state index contributed by atoms with van der Waals surface area (Å²) in [4.78, 5) is 14.1. The van der Waals surface area contributed by atoms with E-state index in [1.165, 1.54) is 18.2 Å². The summed E-state index contributed by atoms with van der Waals surface area (Å²) in [5.41, 5.74) is 6.18. The molecule has 3 N–H and O–H groups in total. The number of piperidine rings is 1. The summed E-state index contributed by atoms with van der Waals surface area (Å²) in [6.07, 6.45) is 1.86. The molecule has 34 heavy (non-hydrogen) atoms. The molecule has 0 saturated carbocycles. The molecule has 0 spiro atoms. The van der Waals surface area contributed by atoms with Gasteiger partial charge in [0, 0.05) is 49.2 Å². The van der Waals surface area contributed by atoms with E-state index in [1.807, 2.05) is 0 Å². The molecular formula is C26H34ClFN2O4. The Morgan fingerprint density at radius 3 is 2.59 bits per heavy atom. The molecule has 1 unspecified atom stereocenters. The smallest absolute Gasteiger partial charge is 0.252 e. The second-order valence-corrected chi connectivity index (χ2v) is 10.1. The fraction of sp³-hybridized carbons (Fsp3) is 0.500. The average Bonchev–Trinajstić information content (AvgIpc) is 2.77. The molecule has 0 aromatic heterocycles. The highest BCUT2D eigenvalue weighted by Gasteiger charge is 2.47. The van der Waals surface area contributed by atoms with Crippen LogP contribution >= 0.6 is 11.6 Å². The second kappa shape index (κ2) is 11.0. The van der Waals surface area contributed by atoms with Crippen LogP contribution in [0.4, 0.5) is 4.39 Å². The van der Waals surface area contributed by atoms with E-state index in [0.29, 0.717) is 36.8 Å². The van der Waals surface area contributed by atoms with Crippen LogP contribution in [0, 0.1) is 11.2 Å². The fourth-order valence-corrected chi connectivity index (χ4v) is 4.79. The number of nitrogens with two attached hydrogens (primary N) is 1. The van der Waals surface area contributed by atoms with E-state index in [4.69, 9.17) is 26.8 Å². The third-order valence-electron chi connectivity index (χ3n) is 6.72. The number of hydrogen-bond donors (Lipinski definition) is 2. The number of primary amides is 1. The van der Waals surface area contributed by atoms with Gasteiger partial charge in [-0.25, -0.2) is 4.39 Å². The van der Waals surface area contributed by atoms with E-state index in [9.17, 15) is 14.3 Å². The Labute approximate surface area is 205 Å². The lowest BCUT2D eigenvalue weighted by atomic mass is 9.67. The van der Waals surface area contributed by atoms with E-state index in [0.717, 1.165) is 37.2 Å². The van der Waals surface area contributed by atoms with Crippen molar-refractivity contribution in [3.05, 3.63) is 63.9 Å². The molecule has 6 nitrogen and oxygen atoms in total. The van der Waals surface area contributed by atoms with Crippen LogP contribution in [0.1, 0.15) is 48.2 Å². The molecule has 1 saturated heterocycles. The molecule has 0 aliphatic carbocycles. The van der Waals surface area contributed by atoms with Crippen molar-refractivity contribution in [3.8, 4) is 5.75 Å². The minimum atomic E-state index is -0.866. The van der Waals surface area contributed by atoms with Gasteiger partial charge in [-0.2, -0.15) is 0 Å². The Hall–Kier alpha value is -2.19. The van der Waals surface area contributed by atoms with Gasteiger partial charge in [-0.3, -0.25) is 4.79 Å². The predicted octanol–water partition coefficient (Wildman–Crippen LogP) is 4.20. The maximum atomic E-state index is 13.2. The van der Waals surface area contributed by atoms with Gasteiger partial charge in [-0.1, -0.05) is 37.6 Å². The molecule has 3 rings (SSSR count). The number of aliphatic hydroxyl groups is 1. The first-order valence-corrected chi connectivity index (χ1v) is 11.9. The summed E-state index contributed by atoms with van der Waals surface area (Å²) in [6, 6.07) is 9.56. The number of nitrogens with zero attached hydrogens (tertiary/aromatic N) is 1. The summed E-state index contributed by atoms with van der Waals surface area (Å²) in [7, 11) is 1.57. The molecule has 1 fully saturated rings. The largest absolute Gasteiger partial charge is 0.493 e. The SMILES string of the molecule is COCc1cc(OCCCN2CCC(O)(Cc3ccc(F)cc3)C(C)(C)C2)c(C(N)=O)cc1Cl. The van der Waals surface area contributed by atoms with Gasteiger partial charge in [0.25, 0.3) is 5.91 Å². The first-order chi connectivity index (χ1) is 16.0. The van der Waals surface area contributed by atoms with Crippen LogP contribution in [-0.4, -0.2) is 54.9 Å². The van der Waals surface area contributed by atoms with Crippen LogP contribution in [0.2, 0.25) is 5.02 Å². The number of rotatable bonds is 10. The van der Waals surface area contributed by atoms with Crippen molar-refractivity contribution in [3.63, 3.8) is 0 Å². The molecule has 2 aromatic carbocycles. The quantitative estimate of drug-likeness (QED) is 0.485. The molecule has 0 radical (unpaired) electrons. The zero-order valence-electron chi connectivity index (χ0n) is 20.1. The lowest BCUT2D eigenvalue weighted by Gasteiger charge is -2.50. The number of halogens is 2. The summed E-state index contributed by atoms with van der Waals surface area (Å²) in [6.45, 7) is 7.14. The summed E-state index contributed by atoms with van der Waals surface area (Å²) < 4.78 is 24.3. The van der Waals surface area contributed by atoms with E-state index < -0.39 is 11.5 Å². The van der Waals surface area contributed by atoms with Gasteiger partial charge in [0.05, 0.1) is 24.4 Å². The standard InChI is InChI=1S/C26H34ClFN2O4/c1-25(2)17-30(11-9-26(25,32)15-18-5-7-20(28)8-6-18)10-4-12-34-23-13-19(16-33-3)22(27)14-21(23)24(29)31/h5-8,13-14,32H,4,9-12,15-17H2,1-3H3,(H2,29,31). The molecule has 2 aromatic rings. The van der Waals surface area contributed by atoms with Crippen molar-refractivity contribution in [2.45, 2.75) is 45.3 Å². The first-order valence-electron chi connectivity index (χ1n) is 11.5. The Balaban J connectivity index is 1.55. The van der Waals surface area contributed by atoms with Gasteiger partial charge >= 0.3 is 0 Å². The van der Waals surface area contributed by atoms with Gasteiger partial charge in [-0.05, 0) is 42.7 Å². The molecule has 1 heterocycles. The zero-order chi connectivity index (χ0) is 24.9. The van der Waals surface area contributed by atoms with Crippen LogP contribution < -0.4 is 10.5 Å². The topological polar surface area (TPSA) is 85.0 Å². The molecule has 1 amide bonds. The third kappa shape index (κ3) is 6.27. The monoisotopic (exact) mass is 492 g/mol. The summed E-state index contributed by atoms with van der Waals surface area (Å²) >= 11 is 6.21. The number of amides is 1. The fourth-order valence-electron chi connectivity index (χ4n) is 4.57. The van der Waals surface area contributed by atoms with Gasteiger partial charge in [0.2, 0.25) is 0 Å².